The number of nitrogens with zero attached hydrogens (tertiary/aromatic N) is 1. The van der Waals surface area contributed by atoms with Crippen LogP contribution in [0.15, 0.2) is 29.4 Å². The number of phenols is 1. The number of para-hydroxylation sites is 1. The van der Waals surface area contributed by atoms with Crippen LogP contribution >= 0.6 is 0 Å². The van der Waals surface area contributed by atoms with Gasteiger partial charge in [-0.25, -0.2) is 4.39 Å². The Morgan fingerprint density at radius 3 is 3.00 bits per heavy atom. The second-order valence-electron chi connectivity index (χ2n) is 3.24. The second-order valence-corrected chi connectivity index (χ2v) is 3.24. The van der Waals surface area contributed by atoms with E-state index in [1.807, 2.05) is 0 Å². The molecular weight excluding hydrogens is 211 g/mol. The van der Waals surface area contributed by atoms with Crippen LogP contribution in [0.3, 0.4) is 0 Å². The molecule has 4 nitrogen and oxygen atoms in total. The predicted octanol–water partition coefficient (Wildman–Crippen LogP) is 1.30. The quantitative estimate of drug-likeness (QED) is 0.568. The first kappa shape index (κ1) is 12.4. The fraction of sp³-hybridized carbons (Fsp3) is 0.364. The summed E-state index contributed by atoms with van der Waals surface area (Å²) in [7, 11) is 1.66. The van der Waals surface area contributed by atoms with Crippen LogP contribution in [0.5, 0.6) is 5.75 Å². The highest BCUT2D eigenvalue weighted by molar-refractivity contribution is 5.82. The predicted molar refractivity (Wildman–Crippen MR) is 60.5 cm³/mol. The maximum atomic E-state index is 12.9. The molecule has 1 atom stereocenters. The Kier molecular flexibility index (Phi) is 5.28. The molecule has 5 heteroatoms. The lowest BCUT2D eigenvalue weighted by atomic mass is 10.2. The zero-order valence-electron chi connectivity index (χ0n) is 9.06. The molecule has 0 aliphatic carbocycles. The van der Waals surface area contributed by atoms with Crippen molar-refractivity contribution >= 4 is 6.21 Å². The first-order chi connectivity index (χ1) is 7.74. The maximum Gasteiger partial charge on any atom is 0.149 e. The highest BCUT2D eigenvalue weighted by Crippen LogP contribution is 2.12. The van der Waals surface area contributed by atoms with Gasteiger partial charge in [0.25, 0.3) is 0 Å². The third kappa shape index (κ3) is 4.27. The monoisotopic (exact) mass is 226 g/mol. The van der Waals surface area contributed by atoms with Gasteiger partial charge in [-0.05, 0) is 19.2 Å². The van der Waals surface area contributed by atoms with E-state index in [1.54, 1.807) is 31.3 Å². The lowest BCUT2D eigenvalue weighted by Crippen LogP contribution is -2.23. The number of aromatic hydroxyl groups is 1. The molecule has 1 unspecified atom stereocenters. The summed E-state index contributed by atoms with van der Waals surface area (Å²) in [5, 5.41) is 15.6. The topological polar surface area (TPSA) is 53.8 Å². The summed E-state index contributed by atoms with van der Waals surface area (Å²) in [6, 6.07) is 6.70. The molecule has 16 heavy (non-hydrogen) atoms. The minimum Gasteiger partial charge on any atom is -0.507 e. The molecule has 0 aromatic heterocycles. The lowest BCUT2D eigenvalue weighted by Gasteiger charge is -2.04. The van der Waals surface area contributed by atoms with Crippen molar-refractivity contribution in [2.75, 3.05) is 20.2 Å². The van der Waals surface area contributed by atoms with Gasteiger partial charge in [-0.3, -0.25) is 0 Å². The van der Waals surface area contributed by atoms with Crippen molar-refractivity contribution in [3.63, 3.8) is 0 Å². The summed E-state index contributed by atoms with van der Waals surface area (Å²) < 4.78 is 12.9. The number of nitrogens with one attached hydrogen (secondary N) is 1. The van der Waals surface area contributed by atoms with Gasteiger partial charge < -0.3 is 15.3 Å². The van der Waals surface area contributed by atoms with E-state index in [4.69, 9.17) is 4.84 Å². The largest absolute Gasteiger partial charge is 0.507 e. The summed E-state index contributed by atoms with van der Waals surface area (Å²) in [5.74, 6) is 0.113. The van der Waals surface area contributed by atoms with E-state index in [0.717, 1.165) is 0 Å². The average Bonchev–Trinajstić information content (AvgIpc) is 2.27. The Labute approximate surface area is 93.7 Å². The van der Waals surface area contributed by atoms with Gasteiger partial charge in [-0.15, -0.1) is 0 Å². The first-order valence-electron chi connectivity index (χ1n) is 4.96. The number of oxime groups is 1. The van der Waals surface area contributed by atoms with E-state index in [0.29, 0.717) is 5.56 Å². The Morgan fingerprint density at radius 2 is 2.31 bits per heavy atom. The van der Waals surface area contributed by atoms with Crippen LogP contribution in [0, 0.1) is 0 Å². The summed E-state index contributed by atoms with van der Waals surface area (Å²) in [6.45, 7) is 0.122. The zero-order chi connectivity index (χ0) is 11.8. The Morgan fingerprint density at radius 1 is 1.56 bits per heavy atom. The fourth-order valence-corrected chi connectivity index (χ4v) is 1.10. The van der Waals surface area contributed by atoms with Crippen molar-refractivity contribution in [3.8, 4) is 5.75 Å². The molecule has 0 amide bonds. The van der Waals surface area contributed by atoms with E-state index in [9.17, 15) is 9.50 Å². The van der Waals surface area contributed by atoms with Gasteiger partial charge in [-0.1, -0.05) is 17.3 Å². The van der Waals surface area contributed by atoms with Crippen LogP contribution in [0.4, 0.5) is 4.39 Å². The SMILES string of the molecule is CNCC(F)CO/N=C/c1ccccc1O. The van der Waals surface area contributed by atoms with Crippen molar-refractivity contribution in [2.45, 2.75) is 6.17 Å². The third-order valence-corrected chi connectivity index (χ3v) is 1.88. The van der Waals surface area contributed by atoms with Gasteiger partial charge in [0.05, 0.1) is 6.21 Å². The molecule has 1 rings (SSSR count). The summed E-state index contributed by atoms with van der Waals surface area (Å²) in [4.78, 5) is 4.75. The Balaban J connectivity index is 2.35. The number of hydrogen-bond donors (Lipinski definition) is 2. The zero-order valence-corrected chi connectivity index (χ0v) is 9.06. The molecule has 0 saturated carbocycles. The van der Waals surface area contributed by atoms with E-state index in [2.05, 4.69) is 10.5 Å². The van der Waals surface area contributed by atoms with Crippen molar-refractivity contribution in [3.05, 3.63) is 29.8 Å². The standard InChI is InChI=1S/C11H15FN2O2/c1-13-7-10(12)8-16-14-6-9-4-2-3-5-11(9)15/h2-6,10,13,15H,7-8H2,1H3/b14-6+. The number of alkyl halides is 1. The molecule has 2 N–H and O–H groups in total. The fourth-order valence-electron chi connectivity index (χ4n) is 1.10. The molecule has 0 heterocycles. The van der Waals surface area contributed by atoms with Crippen LogP contribution in [0.2, 0.25) is 0 Å². The minimum absolute atomic E-state index is 0.106. The van der Waals surface area contributed by atoms with Crippen LogP contribution in [-0.4, -0.2) is 37.7 Å². The number of halogens is 1. The normalized spacial score (nSPS) is 12.9. The van der Waals surface area contributed by atoms with Gasteiger partial charge >= 0.3 is 0 Å². The summed E-state index contributed by atoms with van der Waals surface area (Å²) in [5.41, 5.74) is 0.534. The van der Waals surface area contributed by atoms with Crippen LogP contribution in [-0.2, 0) is 4.84 Å². The van der Waals surface area contributed by atoms with Crippen molar-refractivity contribution in [2.24, 2.45) is 5.16 Å². The highest BCUT2D eigenvalue weighted by atomic mass is 19.1. The highest BCUT2D eigenvalue weighted by Gasteiger charge is 2.04. The van der Waals surface area contributed by atoms with Gasteiger partial charge in [0.1, 0.15) is 18.5 Å². The molecule has 0 aliphatic rings. The second kappa shape index (κ2) is 6.79. The van der Waals surface area contributed by atoms with E-state index >= 15 is 0 Å². The van der Waals surface area contributed by atoms with Crippen LogP contribution < -0.4 is 5.32 Å². The number of hydrogen-bond acceptors (Lipinski definition) is 4. The van der Waals surface area contributed by atoms with Gasteiger partial charge in [0, 0.05) is 12.1 Å². The Hall–Kier alpha value is -1.62. The third-order valence-electron chi connectivity index (χ3n) is 1.88. The van der Waals surface area contributed by atoms with Crippen LogP contribution in [0.1, 0.15) is 5.56 Å². The van der Waals surface area contributed by atoms with E-state index < -0.39 is 6.17 Å². The Bertz CT molecular complexity index is 345. The molecule has 88 valence electrons. The number of benzene rings is 1. The van der Waals surface area contributed by atoms with Gasteiger partial charge in [-0.2, -0.15) is 0 Å². The number of phenolic OH excluding ortho intramolecular Hbond substituents is 1. The molecule has 0 spiro atoms. The molecule has 1 aromatic carbocycles. The average molecular weight is 226 g/mol. The molecule has 0 saturated heterocycles. The molecule has 0 fully saturated rings. The van der Waals surface area contributed by atoms with Gasteiger partial charge in [0.2, 0.25) is 0 Å². The van der Waals surface area contributed by atoms with Crippen molar-refractivity contribution in [1.29, 1.82) is 0 Å². The summed E-state index contributed by atoms with van der Waals surface area (Å²) >= 11 is 0. The molecule has 0 bridgehead atoms. The lowest BCUT2D eigenvalue weighted by molar-refractivity contribution is 0.0881. The smallest absolute Gasteiger partial charge is 0.149 e. The molecule has 0 radical (unpaired) electrons. The van der Waals surface area contributed by atoms with E-state index in [-0.39, 0.29) is 18.9 Å². The molecule has 1 aromatic rings. The number of rotatable bonds is 6. The minimum atomic E-state index is -1.09. The first-order valence-corrected chi connectivity index (χ1v) is 4.96. The maximum absolute atomic E-state index is 12.9. The van der Waals surface area contributed by atoms with Crippen molar-refractivity contribution in [1.82, 2.24) is 5.32 Å². The molecular formula is C11H15FN2O2. The molecule has 0 aliphatic heterocycles. The van der Waals surface area contributed by atoms with Crippen LogP contribution in [0.25, 0.3) is 0 Å². The van der Waals surface area contributed by atoms with Crippen molar-refractivity contribution < 1.29 is 14.3 Å². The summed E-state index contributed by atoms with van der Waals surface area (Å²) in [6.07, 6.45) is 0.257. The van der Waals surface area contributed by atoms with E-state index in [1.165, 1.54) is 6.21 Å². The van der Waals surface area contributed by atoms with Gasteiger partial charge in [0.15, 0.2) is 0 Å².